The molecule has 154 valence electrons. The van der Waals surface area contributed by atoms with Crippen molar-refractivity contribution in [1.82, 2.24) is 0 Å². The first kappa shape index (κ1) is 19.7. The van der Waals surface area contributed by atoms with E-state index in [1.807, 2.05) is 60.7 Å². The first-order valence-corrected chi connectivity index (χ1v) is 11.9. The average Bonchev–Trinajstić information content (AvgIpc) is 3.39. The fourth-order valence-corrected chi connectivity index (χ4v) is 6.55. The summed E-state index contributed by atoms with van der Waals surface area (Å²) in [4.78, 5) is 26.9. The number of rotatable bonds is 4. The van der Waals surface area contributed by atoms with Crippen molar-refractivity contribution in [1.29, 1.82) is 0 Å². The van der Waals surface area contributed by atoms with Crippen molar-refractivity contribution in [3.8, 4) is 0 Å². The third-order valence-corrected chi connectivity index (χ3v) is 7.81. The lowest BCUT2D eigenvalue weighted by atomic mass is 9.68. The van der Waals surface area contributed by atoms with Crippen LogP contribution >= 0.6 is 22.6 Å². The summed E-state index contributed by atoms with van der Waals surface area (Å²) in [6, 6.07) is 19.5. The van der Waals surface area contributed by atoms with E-state index in [1.54, 1.807) is 5.01 Å². The molecule has 1 amide bonds. The first-order chi connectivity index (χ1) is 14.6. The molecule has 2 fully saturated rings. The maximum Gasteiger partial charge on any atom is 0.310 e. The van der Waals surface area contributed by atoms with Gasteiger partial charge in [-0.1, -0.05) is 84.5 Å². The van der Waals surface area contributed by atoms with Crippen molar-refractivity contribution in [3.05, 3.63) is 66.2 Å². The minimum absolute atomic E-state index is 0.0196. The monoisotopic (exact) mass is 514 g/mol. The Morgan fingerprint density at radius 1 is 1.10 bits per heavy atom. The molecule has 1 aliphatic carbocycles. The van der Waals surface area contributed by atoms with Crippen LogP contribution in [0.2, 0.25) is 0 Å². The van der Waals surface area contributed by atoms with Crippen LogP contribution in [0.5, 0.6) is 0 Å². The Labute approximate surface area is 189 Å². The van der Waals surface area contributed by atoms with Gasteiger partial charge in [0.15, 0.2) is 0 Å². The van der Waals surface area contributed by atoms with Crippen LogP contribution in [0, 0.1) is 23.2 Å². The maximum atomic E-state index is 14.1. The van der Waals surface area contributed by atoms with Crippen molar-refractivity contribution in [2.45, 2.75) is 25.9 Å². The molecular formula is C24H23IN2O3. The number of fused-ring (bicyclic) bond motifs is 1. The molecule has 5 atom stereocenters. The van der Waals surface area contributed by atoms with Gasteiger partial charge in [-0.15, -0.1) is 0 Å². The van der Waals surface area contributed by atoms with E-state index in [0.29, 0.717) is 6.42 Å². The molecule has 2 aliphatic heterocycles. The Kier molecular flexibility index (Phi) is 4.92. The van der Waals surface area contributed by atoms with Gasteiger partial charge in [0.05, 0.1) is 17.3 Å². The molecule has 2 aromatic carbocycles. The van der Waals surface area contributed by atoms with E-state index >= 15 is 0 Å². The van der Waals surface area contributed by atoms with Crippen molar-refractivity contribution in [2.75, 3.05) is 9.44 Å². The Morgan fingerprint density at radius 3 is 2.40 bits per heavy atom. The predicted molar refractivity (Wildman–Crippen MR) is 123 cm³/mol. The molecule has 5 nitrogen and oxygen atoms in total. The highest BCUT2D eigenvalue weighted by Crippen LogP contribution is 2.60. The number of halogens is 1. The van der Waals surface area contributed by atoms with Crippen molar-refractivity contribution >= 4 is 45.9 Å². The minimum Gasteiger partial charge on any atom is -0.461 e. The van der Waals surface area contributed by atoms with Crippen molar-refractivity contribution in [2.24, 2.45) is 28.3 Å². The summed E-state index contributed by atoms with van der Waals surface area (Å²) in [7, 11) is 0. The van der Waals surface area contributed by atoms with Crippen LogP contribution in [0.1, 0.15) is 25.3 Å². The molecule has 0 unspecified atom stereocenters. The molecule has 0 radical (unpaired) electrons. The van der Waals surface area contributed by atoms with Crippen LogP contribution in [0.25, 0.3) is 0 Å². The molecule has 1 saturated heterocycles. The van der Waals surface area contributed by atoms with Gasteiger partial charge in [-0.05, 0) is 30.0 Å². The number of benzene rings is 2. The quantitative estimate of drug-likeness (QED) is 0.344. The second-order valence-electron chi connectivity index (χ2n) is 8.28. The number of carbonyl (C=O) groups excluding carboxylic acids is 2. The van der Waals surface area contributed by atoms with Crippen molar-refractivity contribution < 1.29 is 14.3 Å². The lowest BCUT2D eigenvalue weighted by molar-refractivity contribution is -0.146. The molecule has 3 aliphatic rings. The zero-order chi connectivity index (χ0) is 20.9. The fraction of sp³-hybridized carbons (Fsp3) is 0.375. The van der Waals surface area contributed by atoms with Gasteiger partial charge in [-0.25, -0.2) is 0 Å². The van der Waals surface area contributed by atoms with Crippen LogP contribution in [0.4, 0.5) is 5.69 Å². The second-order valence-corrected chi connectivity index (χ2v) is 9.16. The van der Waals surface area contributed by atoms with Gasteiger partial charge in [0.2, 0.25) is 0 Å². The van der Waals surface area contributed by atoms with E-state index in [2.05, 4.69) is 29.5 Å². The highest BCUT2D eigenvalue weighted by molar-refractivity contribution is 14.1. The molecule has 1 saturated carbocycles. The summed E-state index contributed by atoms with van der Waals surface area (Å²) in [5.74, 6) is -0.489. The van der Waals surface area contributed by atoms with Gasteiger partial charge in [-0.2, -0.15) is 10.1 Å². The van der Waals surface area contributed by atoms with Crippen LogP contribution in [0.15, 0.2) is 65.8 Å². The third kappa shape index (κ3) is 2.69. The third-order valence-electron chi connectivity index (χ3n) is 6.94. The number of anilines is 1. The molecule has 0 bridgehead atoms. The largest absolute Gasteiger partial charge is 0.461 e. The number of carbonyl (C=O) groups is 2. The maximum absolute atomic E-state index is 14.1. The second kappa shape index (κ2) is 7.48. The first-order valence-electron chi connectivity index (χ1n) is 10.4. The number of hydrazone groups is 1. The predicted octanol–water partition coefficient (Wildman–Crippen LogP) is 4.45. The molecule has 6 heteroatoms. The Hall–Kier alpha value is -2.22. The van der Waals surface area contributed by atoms with E-state index in [1.165, 1.54) is 0 Å². The van der Waals surface area contributed by atoms with E-state index in [4.69, 9.17) is 9.84 Å². The highest BCUT2D eigenvalue weighted by Gasteiger charge is 2.69. The van der Waals surface area contributed by atoms with Crippen LogP contribution in [-0.2, 0) is 14.3 Å². The normalized spacial score (nSPS) is 32.5. The zero-order valence-electron chi connectivity index (χ0n) is 16.7. The molecule has 1 spiro atoms. The van der Waals surface area contributed by atoms with E-state index < -0.39 is 5.41 Å². The van der Waals surface area contributed by atoms with Crippen LogP contribution < -0.4 is 5.01 Å². The smallest absolute Gasteiger partial charge is 0.310 e. The SMILES string of the molecule is CC[C@@H]1[C@H]2C(=O)O[C@@H](CI)[C@H]2C[C@]12C(=O)N(c1ccccc1)N=C2c1ccccc1. The number of amides is 1. The molecule has 0 N–H and O–H groups in total. The molecular weight excluding hydrogens is 491 g/mol. The summed E-state index contributed by atoms with van der Waals surface area (Å²) in [6.07, 6.45) is 1.20. The standard InChI is InChI=1S/C24H23IN2O3/c1-2-18-20-17(19(14-25)30-22(20)28)13-24(18)21(15-9-5-3-6-10-15)26-27(23(24)29)16-11-7-4-8-12-16/h3-12,17-20H,2,13-14H2,1H3/t17-,18-,19+,20+,24+/m1/s1. The van der Waals surface area contributed by atoms with E-state index in [9.17, 15) is 9.59 Å². The van der Waals surface area contributed by atoms with Gasteiger partial charge in [0.25, 0.3) is 5.91 Å². The lowest BCUT2D eigenvalue weighted by Gasteiger charge is -2.32. The van der Waals surface area contributed by atoms with E-state index in [-0.39, 0.29) is 35.7 Å². The van der Waals surface area contributed by atoms with E-state index in [0.717, 1.165) is 27.8 Å². The van der Waals surface area contributed by atoms with Crippen LogP contribution in [-0.4, -0.2) is 28.1 Å². The van der Waals surface area contributed by atoms with Gasteiger partial charge in [0, 0.05) is 10.3 Å². The van der Waals surface area contributed by atoms with Gasteiger partial charge in [-0.3, -0.25) is 9.59 Å². The summed E-state index contributed by atoms with van der Waals surface area (Å²) in [6.45, 7) is 2.07. The number of hydrogen-bond donors (Lipinski definition) is 0. The van der Waals surface area contributed by atoms with Crippen LogP contribution in [0.3, 0.4) is 0 Å². The molecule has 2 heterocycles. The highest BCUT2D eigenvalue weighted by atomic mass is 127. The summed E-state index contributed by atoms with van der Waals surface area (Å²) in [5, 5.41) is 6.44. The summed E-state index contributed by atoms with van der Waals surface area (Å²) < 4.78 is 6.43. The molecule has 0 aromatic heterocycles. The zero-order valence-corrected chi connectivity index (χ0v) is 18.9. The van der Waals surface area contributed by atoms with Gasteiger partial charge in [0.1, 0.15) is 11.5 Å². The minimum atomic E-state index is -0.801. The topological polar surface area (TPSA) is 59.0 Å². The summed E-state index contributed by atoms with van der Waals surface area (Å²) in [5.41, 5.74) is 1.69. The number of para-hydroxylation sites is 1. The Balaban J connectivity index is 1.68. The Morgan fingerprint density at radius 2 is 1.77 bits per heavy atom. The fourth-order valence-electron chi connectivity index (χ4n) is 5.72. The average molecular weight is 514 g/mol. The number of ether oxygens (including phenoxy) is 1. The summed E-state index contributed by atoms with van der Waals surface area (Å²) >= 11 is 2.28. The molecule has 5 rings (SSSR count). The number of alkyl halides is 1. The Bertz CT molecular complexity index is 1010. The molecule has 2 aromatic rings. The molecule has 30 heavy (non-hydrogen) atoms. The number of cyclic esters (lactones) is 1. The number of esters is 1. The number of hydrogen-bond acceptors (Lipinski definition) is 4. The lowest BCUT2D eigenvalue weighted by Crippen LogP contribution is -2.45. The van der Waals surface area contributed by atoms with Gasteiger partial charge >= 0.3 is 5.97 Å². The van der Waals surface area contributed by atoms with Gasteiger partial charge < -0.3 is 4.74 Å². The number of nitrogens with zero attached hydrogens (tertiary/aromatic N) is 2. The van der Waals surface area contributed by atoms with Crippen molar-refractivity contribution in [3.63, 3.8) is 0 Å².